The number of aliphatic carboxylic acids is 1. The number of benzene rings is 1. The summed E-state index contributed by atoms with van der Waals surface area (Å²) < 4.78 is 33.5. The fourth-order valence-corrected chi connectivity index (χ4v) is 5.80. The van der Waals surface area contributed by atoms with E-state index in [-0.39, 0.29) is 50.0 Å². The monoisotopic (exact) mass is 567 g/mol. The van der Waals surface area contributed by atoms with Gasteiger partial charge in [-0.2, -0.15) is 0 Å². The molecule has 12 heteroatoms. The van der Waals surface area contributed by atoms with Crippen molar-refractivity contribution in [3.05, 3.63) is 46.1 Å². The Morgan fingerprint density at radius 2 is 1.95 bits per heavy atom. The number of ether oxygens (including phenoxy) is 3. The molecule has 1 aromatic carbocycles. The second-order valence-corrected chi connectivity index (χ2v) is 11.6. The fourth-order valence-electron chi connectivity index (χ4n) is 4.32. The molecule has 0 fully saturated rings. The second-order valence-electron chi connectivity index (χ2n) is 9.26. The number of nitrogens with one attached hydrogen (secondary N) is 1. The number of carbonyl (C=O) groups excluding carboxylic acids is 2. The van der Waals surface area contributed by atoms with Crippen molar-refractivity contribution < 1.29 is 47.9 Å². The summed E-state index contributed by atoms with van der Waals surface area (Å²) in [5.41, 5.74) is 2.65. The molecule has 3 N–H and O–H groups in total. The standard InChI is InChI=1S/C27H38NO10P/c1-7-37-26(32)18(4)28-39(34,36-6)13-9-8-10-19(25(30)31)14-16(2)11-12-20-23(29)22-21(15-38-27(22)33)17(3)24(20)35-5/h8-9,11,18-19,29H,7,10,12-15H2,1-6H3,(H,28,34)(H,30,31)/t18-,19?,39?/m0/s1. The molecule has 3 atom stereocenters. The maximum absolute atomic E-state index is 12.9. The number of carboxylic acids is 1. The summed E-state index contributed by atoms with van der Waals surface area (Å²) in [4.78, 5) is 35.8. The van der Waals surface area contributed by atoms with Crippen molar-refractivity contribution in [2.45, 2.75) is 59.6 Å². The smallest absolute Gasteiger partial charge is 0.342 e. The van der Waals surface area contributed by atoms with E-state index in [0.29, 0.717) is 22.4 Å². The van der Waals surface area contributed by atoms with E-state index in [1.807, 2.05) is 0 Å². The zero-order chi connectivity index (χ0) is 29.3. The third-order valence-corrected chi connectivity index (χ3v) is 8.54. The largest absolute Gasteiger partial charge is 0.507 e. The Balaban J connectivity index is 2.07. The minimum Gasteiger partial charge on any atom is -0.507 e. The summed E-state index contributed by atoms with van der Waals surface area (Å²) in [6.07, 6.45) is 5.59. The van der Waals surface area contributed by atoms with Crippen molar-refractivity contribution in [2.75, 3.05) is 27.0 Å². The highest BCUT2D eigenvalue weighted by Gasteiger charge is 2.32. The minimum atomic E-state index is -3.38. The average molecular weight is 568 g/mol. The van der Waals surface area contributed by atoms with Gasteiger partial charge in [0.05, 0.1) is 25.8 Å². The number of fused-ring (bicyclic) bond motifs is 1. The van der Waals surface area contributed by atoms with E-state index in [2.05, 4.69) is 5.09 Å². The maximum Gasteiger partial charge on any atom is 0.342 e. The number of phenols is 1. The third kappa shape index (κ3) is 8.17. The average Bonchev–Trinajstić information content (AvgIpc) is 3.28. The molecule has 0 spiro atoms. The fraction of sp³-hybridized carbons (Fsp3) is 0.519. The number of rotatable bonds is 15. The first-order chi connectivity index (χ1) is 18.4. The molecule has 11 nitrogen and oxygen atoms in total. The molecule has 1 aliphatic rings. The summed E-state index contributed by atoms with van der Waals surface area (Å²) in [6.45, 7) is 7.05. The Bertz CT molecular complexity index is 1190. The van der Waals surface area contributed by atoms with E-state index in [1.165, 1.54) is 21.1 Å². The van der Waals surface area contributed by atoms with Gasteiger partial charge in [0.2, 0.25) is 0 Å². The van der Waals surface area contributed by atoms with E-state index in [4.69, 9.17) is 18.7 Å². The summed E-state index contributed by atoms with van der Waals surface area (Å²) in [6, 6.07) is -0.832. The van der Waals surface area contributed by atoms with Crippen molar-refractivity contribution in [2.24, 2.45) is 5.92 Å². The van der Waals surface area contributed by atoms with Gasteiger partial charge in [-0.3, -0.25) is 14.2 Å². The number of carbonyl (C=O) groups is 3. The Labute approximate surface area is 228 Å². The number of hydrogen-bond acceptors (Lipinski definition) is 9. The van der Waals surface area contributed by atoms with Crippen LogP contribution in [0.15, 0.2) is 23.8 Å². The predicted molar refractivity (Wildman–Crippen MR) is 144 cm³/mol. The maximum atomic E-state index is 12.9. The molecule has 39 heavy (non-hydrogen) atoms. The molecule has 2 rings (SSSR count). The van der Waals surface area contributed by atoms with Crippen molar-refractivity contribution >= 4 is 25.4 Å². The number of carboxylic acid groups (broad SMARTS) is 1. The van der Waals surface area contributed by atoms with Crippen LogP contribution in [0.1, 0.15) is 60.7 Å². The Morgan fingerprint density at radius 1 is 1.26 bits per heavy atom. The molecule has 0 bridgehead atoms. The van der Waals surface area contributed by atoms with Crippen LogP contribution in [0.25, 0.3) is 0 Å². The molecular formula is C27H38NO10P. The highest BCUT2D eigenvalue weighted by atomic mass is 31.2. The Hall–Kier alpha value is -3.14. The molecule has 0 aliphatic carbocycles. The molecule has 2 unspecified atom stereocenters. The van der Waals surface area contributed by atoms with Crippen LogP contribution in [-0.4, -0.2) is 61.2 Å². The summed E-state index contributed by atoms with van der Waals surface area (Å²) in [5.74, 6) is -2.61. The van der Waals surface area contributed by atoms with Gasteiger partial charge in [0.15, 0.2) is 0 Å². The molecule has 1 heterocycles. The second kappa shape index (κ2) is 14.3. The van der Waals surface area contributed by atoms with Crippen molar-refractivity contribution in [1.29, 1.82) is 0 Å². The molecule has 0 saturated carbocycles. The van der Waals surface area contributed by atoms with Gasteiger partial charge in [0.1, 0.15) is 29.7 Å². The number of phenolic OH excluding ortho intramolecular Hbond substituents is 1. The van der Waals surface area contributed by atoms with E-state index in [0.717, 1.165) is 5.57 Å². The number of allylic oxidation sites excluding steroid dienone is 4. The lowest BCUT2D eigenvalue weighted by Crippen LogP contribution is -2.34. The van der Waals surface area contributed by atoms with Crippen LogP contribution in [0.4, 0.5) is 0 Å². The molecule has 216 valence electrons. The van der Waals surface area contributed by atoms with Crippen LogP contribution < -0.4 is 9.82 Å². The zero-order valence-electron chi connectivity index (χ0n) is 23.2. The van der Waals surface area contributed by atoms with Crippen LogP contribution in [0, 0.1) is 12.8 Å². The van der Waals surface area contributed by atoms with Crippen LogP contribution in [0.3, 0.4) is 0 Å². The lowest BCUT2D eigenvalue weighted by molar-refractivity contribution is -0.144. The van der Waals surface area contributed by atoms with Crippen LogP contribution in [-0.2, 0) is 41.2 Å². The number of hydrogen-bond donors (Lipinski definition) is 3. The van der Waals surface area contributed by atoms with Gasteiger partial charge in [-0.05, 0) is 52.5 Å². The topological polar surface area (TPSA) is 158 Å². The van der Waals surface area contributed by atoms with Crippen molar-refractivity contribution in [1.82, 2.24) is 5.09 Å². The lowest BCUT2D eigenvalue weighted by atomic mass is 9.93. The van der Waals surface area contributed by atoms with Crippen molar-refractivity contribution in [3.8, 4) is 11.5 Å². The highest BCUT2D eigenvalue weighted by molar-refractivity contribution is 7.57. The van der Waals surface area contributed by atoms with Gasteiger partial charge in [-0.15, -0.1) is 0 Å². The van der Waals surface area contributed by atoms with E-state index in [9.17, 15) is 29.2 Å². The predicted octanol–water partition coefficient (Wildman–Crippen LogP) is 4.29. The quantitative estimate of drug-likeness (QED) is 0.158. The molecule has 0 aromatic heterocycles. The summed E-state index contributed by atoms with van der Waals surface area (Å²) in [5, 5.41) is 23.1. The van der Waals surface area contributed by atoms with E-state index < -0.39 is 37.4 Å². The van der Waals surface area contributed by atoms with Crippen LogP contribution in [0.5, 0.6) is 11.5 Å². The van der Waals surface area contributed by atoms with E-state index >= 15 is 0 Å². The first-order valence-electron chi connectivity index (χ1n) is 12.6. The number of esters is 2. The number of cyclic esters (lactones) is 1. The minimum absolute atomic E-state index is 0.0341. The van der Waals surface area contributed by atoms with Gasteiger partial charge in [-0.25, -0.2) is 9.88 Å². The highest BCUT2D eigenvalue weighted by Crippen LogP contribution is 2.43. The van der Waals surface area contributed by atoms with Gasteiger partial charge in [0.25, 0.3) is 7.52 Å². The lowest BCUT2D eigenvalue weighted by Gasteiger charge is -2.20. The molecular weight excluding hydrogens is 529 g/mol. The normalized spacial score (nSPS) is 16.4. The molecule has 1 aromatic rings. The number of methoxy groups -OCH3 is 1. The zero-order valence-corrected chi connectivity index (χ0v) is 24.1. The summed E-state index contributed by atoms with van der Waals surface area (Å²) in [7, 11) is -0.632. The number of aromatic hydroxyl groups is 1. The van der Waals surface area contributed by atoms with Crippen LogP contribution in [0.2, 0.25) is 0 Å². The Kier molecular flexibility index (Phi) is 11.8. The van der Waals surface area contributed by atoms with Gasteiger partial charge >= 0.3 is 17.9 Å². The van der Waals surface area contributed by atoms with Crippen molar-refractivity contribution in [3.63, 3.8) is 0 Å². The Morgan fingerprint density at radius 3 is 2.54 bits per heavy atom. The molecule has 0 radical (unpaired) electrons. The molecule has 1 aliphatic heterocycles. The SMILES string of the molecule is CCOC(=O)[C@H](C)NP(=O)(CC=CCC(CC(C)=CCc1c(O)c2c(c(C)c1OC)COC2=O)C(=O)O)OC. The van der Waals surface area contributed by atoms with Crippen LogP contribution >= 0.6 is 7.52 Å². The first-order valence-corrected chi connectivity index (χ1v) is 14.4. The summed E-state index contributed by atoms with van der Waals surface area (Å²) >= 11 is 0. The molecule has 0 saturated heterocycles. The van der Waals surface area contributed by atoms with Gasteiger partial charge in [0, 0.05) is 18.2 Å². The van der Waals surface area contributed by atoms with Gasteiger partial charge < -0.3 is 28.9 Å². The van der Waals surface area contributed by atoms with Gasteiger partial charge in [-0.1, -0.05) is 23.8 Å². The molecule has 0 amide bonds. The third-order valence-electron chi connectivity index (χ3n) is 6.48. The van der Waals surface area contributed by atoms with E-state index in [1.54, 1.807) is 39.0 Å². The first kappa shape index (κ1) is 32.1.